The number of allylic oxidation sites excluding steroid dienone is 1. The Morgan fingerprint density at radius 3 is 1.93 bits per heavy atom. The molecule has 0 rings (SSSR count). The van der Waals surface area contributed by atoms with Crippen LogP contribution in [0.4, 0.5) is 0 Å². The molecule has 0 spiro atoms. The molecule has 27 heavy (non-hydrogen) atoms. The summed E-state index contributed by atoms with van der Waals surface area (Å²) in [7, 11) is 0. The first-order valence-corrected chi connectivity index (χ1v) is 10.9. The number of rotatable bonds is 18. The number of aliphatic hydroxyl groups excluding tert-OH is 3. The zero-order valence-corrected chi connectivity index (χ0v) is 17.5. The molecule has 0 saturated heterocycles. The highest BCUT2D eigenvalue weighted by Gasteiger charge is 2.18. The van der Waals surface area contributed by atoms with Crippen LogP contribution < -0.4 is 5.32 Å². The molecule has 3 unspecified atom stereocenters. The third kappa shape index (κ3) is 17.0. The zero-order chi connectivity index (χ0) is 20.3. The molecule has 0 aliphatic heterocycles. The molecule has 160 valence electrons. The van der Waals surface area contributed by atoms with Crippen LogP contribution in [-0.4, -0.2) is 46.1 Å². The number of nitrogens with one attached hydrogen (secondary N) is 1. The van der Waals surface area contributed by atoms with Gasteiger partial charge < -0.3 is 20.6 Å². The van der Waals surface area contributed by atoms with E-state index in [4.69, 9.17) is 0 Å². The molecule has 0 aromatic rings. The van der Waals surface area contributed by atoms with Gasteiger partial charge in [-0.2, -0.15) is 0 Å². The normalized spacial score (nSPS) is 15.0. The summed E-state index contributed by atoms with van der Waals surface area (Å²) < 4.78 is 0. The molecule has 0 aliphatic rings. The highest BCUT2D eigenvalue weighted by molar-refractivity contribution is 5.76. The van der Waals surface area contributed by atoms with Gasteiger partial charge in [0.15, 0.2) is 0 Å². The molecular formula is C22H43NO4. The van der Waals surface area contributed by atoms with Crippen molar-refractivity contribution < 1.29 is 20.1 Å². The third-order valence-electron chi connectivity index (χ3n) is 4.74. The van der Waals surface area contributed by atoms with Crippen LogP contribution >= 0.6 is 0 Å². The Hall–Kier alpha value is -0.910. The maximum absolute atomic E-state index is 11.6. The van der Waals surface area contributed by atoms with Crippen LogP contribution in [0.5, 0.6) is 0 Å². The number of carbonyl (C=O) groups is 1. The fourth-order valence-corrected chi connectivity index (χ4v) is 3.07. The molecule has 5 heteroatoms. The lowest BCUT2D eigenvalue weighted by Gasteiger charge is -2.20. The molecule has 4 N–H and O–H groups in total. The molecule has 0 bridgehead atoms. The molecule has 5 nitrogen and oxygen atoms in total. The predicted octanol–water partition coefficient (Wildman–Crippen LogP) is 3.85. The number of amides is 1. The van der Waals surface area contributed by atoms with Crippen LogP contribution in [0.3, 0.4) is 0 Å². The summed E-state index contributed by atoms with van der Waals surface area (Å²) in [6.45, 7) is 3.44. The summed E-state index contributed by atoms with van der Waals surface area (Å²) in [5.41, 5.74) is 0. The Balaban J connectivity index is 3.66. The van der Waals surface area contributed by atoms with Gasteiger partial charge in [-0.05, 0) is 19.8 Å². The van der Waals surface area contributed by atoms with E-state index in [1.54, 1.807) is 6.08 Å². The lowest BCUT2D eigenvalue weighted by Crippen LogP contribution is -2.45. The molecule has 0 aromatic heterocycles. The molecule has 0 heterocycles. The summed E-state index contributed by atoms with van der Waals surface area (Å²) in [5, 5.41) is 31.1. The molecule has 0 aliphatic carbocycles. The van der Waals surface area contributed by atoms with Gasteiger partial charge in [0.25, 0.3) is 0 Å². The van der Waals surface area contributed by atoms with Gasteiger partial charge in [-0.3, -0.25) is 4.79 Å². The minimum atomic E-state index is -0.916. The van der Waals surface area contributed by atoms with Crippen molar-refractivity contribution in [1.29, 1.82) is 0 Å². The maximum Gasteiger partial charge on any atom is 0.222 e. The van der Waals surface area contributed by atoms with E-state index in [9.17, 15) is 20.1 Å². The van der Waals surface area contributed by atoms with Gasteiger partial charge in [-0.25, -0.2) is 0 Å². The van der Waals surface area contributed by atoms with E-state index >= 15 is 0 Å². The number of hydrogen-bond donors (Lipinski definition) is 4. The zero-order valence-electron chi connectivity index (χ0n) is 17.5. The van der Waals surface area contributed by atoms with E-state index in [0.29, 0.717) is 0 Å². The van der Waals surface area contributed by atoms with E-state index in [0.717, 1.165) is 12.8 Å². The number of carbonyl (C=O) groups excluding carboxylic acids is 1. The maximum atomic E-state index is 11.6. The Morgan fingerprint density at radius 1 is 0.926 bits per heavy atom. The fraction of sp³-hybridized carbons (Fsp3) is 0.864. The summed E-state index contributed by atoms with van der Waals surface area (Å²) in [5.74, 6) is -0.373. The molecular weight excluding hydrogens is 342 g/mol. The number of unbranched alkanes of at least 4 members (excludes halogenated alkanes) is 11. The van der Waals surface area contributed by atoms with Crippen LogP contribution in [-0.2, 0) is 4.79 Å². The van der Waals surface area contributed by atoms with Crippen LogP contribution in [0.15, 0.2) is 12.2 Å². The van der Waals surface area contributed by atoms with Crippen molar-refractivity contribution in [2.24, 2.45) is 0 Å². The standard InChI is InChI=1S/C22H43NO4/c1-3-4-5-6-7-8-9-10-11-12-13-14-15-16-21(26)20(18-24)23-22(27)17-19(2)25/h15-16,19-21,24-26H,3-14,17-18H2,1-2H3,(H,23,27)/b16-15+. The first-order valence-electron chi connectivity index (χ1n) is 10.9. The molecule has 0 fully saturated rings. The van der Waals surface area contributed by atoms with Gasteiger partial charge >= 0.3 is 0 Å². The molecule has 0 saturated carbocycles. The van der Waals surface area contributed by atoms with Crippen molar-refractivity contribution in [3.63, 3.8) is 0 Å². The van der Waals surface area contributed by atoms with E-state index in [1.807, 2.05) is 6.08 Å². The monoisotopic (exact) mass is 385 g/mol. The van der Waals surface area contributed by atoms with Crippen molar-refractivity contribution in [3.8, 4) is 0 Å². The summed E-state index contributed by atoms with van der Waals surface area (Å²) in [6.07, 6.45) is 17.2. The first-order chi connectivity index (χ1) is 13.0. The average Bonchev–Trinajstić information content (AvgIpc) is 2.62. The second kappa shape index (κ2) is 18.5. The van der Waals surface area contributed by atoms with E-state index in [-0.39, 0.29) is 18.9 Å². The topological polar surface area (TPSA) is 89.8 Å². The first kappa shape index (κ1) is 26.1. The fourth-order valence-electron chi connectivity index (χ4n) is 3.07. The smallest absolute Gasteiger partial charge is 0.222 e. The largest absolute Gasteiger partial charge is 0.394 e. The molecule has 0 radical (unpaired) electrons. The summed E-state index contributed by atoms with van der Waals surface area (Å²) in [4.78, 5) is 11.6. The quantitative estimate of drug-likeness (QED) is 0.213. The van der Waals surface area contributed by atoms with Gasteiger partial charge in [0.05, 0.1) is 31.3 Å². The Bertz CT molecular complexity index is 371. The Labute approximate surface area is 166 Å². The van der Waals surface area contributed by atoms with E-state index in [2.05, 4.69) is 12.2 Å². The van der Waals surface area contributed by atoms with Crippen molar-refractivity contribution in [2.45, 2.75) is 116 Å². The lowest BCUT2D eigenvalue weighted by molar-refractivity contribution is -0.124. The van der Waals surface area contributed by atoms with E-state index in [1.165, 1.54) is 71.1 Å². The predicted molar refractivity (Wildman–Crippen MR) is 112 cm³/mol. The number of hydrogen-bond acceptors (Lipinski definition) is 4. The molecule has 3 atom stereocenters. The van der Waals surface area contributed by atoms with Gasteiger partial charge in [-0.1, -0.05) is 83.3 Å². The van der Waals surface area contributed by atoms with Crippen LogP contribution in [0.2, 0.25) is 0 Å². The van der Waals surface area contributed by atoms with E-state index < -0.39 is 18.2 Å². The van der Waals surface area contributed by atoms with Crippen molar-refractivity contribution in [3.05, 3.63) is 12.2 Å². The Kier molecular flexibility index (Phi) is 17.8. The SMILES string of the molecule is CCCCCCCCCCCCC/C=C/C(O)C(CO)NC(=O)CC(C)O. The minimum absolute atomic E-state index is 0.0360. The minimum Gasteiger partial charge on any atom is -0.394 e. The summed E-state index contributed by atoms with van der Waals surface area (Å²) >= 11 is 0. The number of aliphatic hydroxyl groups is 3. The third-order valence-corrected chi connectivity index (χ3v) is 4.74. The average molecular weight is 386 g/mol. The van der Waals surface area contributed by atoms with Crippen LogP contribution in [0.1, 0.15) is 97.3 Å². The van der Waals surface area contributed by atoms with Gasteiger partial charge in [-0.15, -0.1) is 0 Å². The Morgan fingerprint density at radius 2 is 1.44 bits per heavy atom. The van der Waals surface area contributed by atoms with Gasteiger partial charge in [0, 0.05) is 0 Å². The second-order valence-electron chi connectivity index (χ2n) is 7.65. The molecule has 1 amide bonds. The summed E-state index contributed by atoms with van der Waals surface area (Å²) in [6, 6.07) is -0.732. The van der Waals surface area contributed by atoms with Crippen molar-refractivity contribution in [1.82, 2.24) is 5.32 Å². The highest BCUT2D eigenvalue weighted by atomic mass is 16.3. The van der Waals surface area contributed by atoms with Gasteiger partial charge in [0.1, 0.15) is 0 Å². The van der Waals surface area contributed by atoms with Crippen molar-refractivity contribution in [2.75, 3.05) is 6.61 Å². The van der Waals surface area contributed by atoms with Crippen LogP contribution in [0.25, 0.3) is 0 Å². The van der Waals surface area contributed by atoms with Crippen LogP contribution in [0, 0.1) is 0 Å². The van der Waals surface area contributed by atoms with Crippen molar-refractivity contribution >= 4 is 5.91 Å². The second-order valence-corrected chi connectivity index (χ2v) is 7.65. The molecule has 0 aromatic carbocycles. The highest BCUT2D eigenvalue weighted by Crippen LogP contribution is 2.12. The van der Waals surface area contributed by atoms with Gasteiger partial charge in [0.2, 0.25) is 5.91 Å². The lowest BCUT2D eigenvalue weighted by atomic mass is 10.0.